The smallest absolute Gasteiger partial charge is 0.283 e. The van der Waals surface area contributed by atoms with Gasteiger partial charge in [-0.1, -0.05) is 11.6 Å². The third kappa shape index (κ3) is 3.20. The van der Waals surface area contributed by atoms with Crippen molar-refractivity contribution in [3.8, 4) is 0 Å². The van der Waals surface area contributed by atoms with Gasteiger partial charge in [-0.15, -0.1) is 11.3 Å². The second kappa shape index (κ2) is 5.94. The fourth-order valence-electron chi connectivity index (χ4n) is 2.33. The molecule has 9 heteroatoms. The molecular weight excluding hydrogens is 302 g/mol. The molecule has 0 amide bonds. The van der Waals surface area contributed by atoms with Gasteiger partial charge in [-0.05, 0) is 7.05 Å². The largest absolute Gasteiger partial charge is 0.343 e. The van der Waals surface area contributed by atoms with Crippen LogP contribution in [-0.4, -0.2) is 52.0 Å². The molecule has 0 atom stereocenters. The zero-order valence-electron chi connectivity index (χ0n) is 11.5. The van der Waals surface area contributed by atoms with Gasteiger partial charge in [0, 0.05) is 25.0 Å². The van der Waals surface area contributed by atoms with E-state index in [2.05, 4.69) is 9.88 Å². The second-order valence-corrected chi connectivity index (χ2v) is 6.48. The number of nitro groups is 1. The Hall–Kier alpha value is -1.38. The van der Waals surface area contributed by atoms with Gasteiger partial charge < -0.3 is 9.80 Å². The summed E-state index contributed by atoms with van der Waals surface area (Å²) in [6, 6.07) is 0. The van der Waals surface area contributed by atoms with Crippen LogP contribution in [0.1, 0.15) is 11.8 Å². The minimum Gasteiger partial charge on any atom is -0.343 e. The van der Waals surface area contributed by atoms with Crippen LogP contribution in [0.3, 0.4) is 0 Å². The van der Waals surface area contributed by atoms with Crippen molar-refractivity contribution in [2.75, 3.05) is 27.4 Å². The van der Waals surface area contributed by atoms with E-state index in [1.54, 1.807) is 6.20 Å². The minimum absolute atomic E-state index is 0.149. The summed E-state index contributed by atoms with van der Waals surface area (Å²) in [5.74, 6) is 0.637. The van der Waals surface area contributed by atoms with Crippen LogP contribution < -0.4 is 0 Å². The number of halogens is 1. The van der Waals surface area contributed by atoms with Gasteiger partial charge in [0.1, 0.15) is 0 Å². The predicted octanol–water partition coefficient (Wildman–Crippen LogP) is 1.86. The van der Waals surface area contributed by atoms with Crippen molar-refractivity contribution in [1.82, 2.24) is 19.7 Å². The molecule has 0 N–H and O–H groups in total. The number of rotatable bonds is 3. The first-order valence-electron chi connectivity index (χ1n) is 5.98. The lowest BCUT2D eigenvalue weighted by Gasteiger charge is -2.42. The Kier molecular flexibility index (Phi) is 4.46. The summed E-state index contributed by atoms with van der Waals surface area (Å²) in [5.41, 5.74) is 0.149. The van der Waals surface area contributed by atoms with E-state index in [4.69, 9.17) is 11.6 Å². The van der Waals surface area contributed by atoms with E-state index in [0.717, 1.165) is 4.88 Å². The summed E-state index contributed by atoms with van der Waals surface area (Å²) < 4.78 is 0.482. The fraction of sp³-hybridized carbons (Fsp3) is 0.545. The molecule has 1 saturated heterocycles. The maximum Gasteiger partial charge on any atom is 0.283 e. The lowest BCUT2D eigenvalue weighted by Crippen LogP contribution is -2.50. The van der Waals surface area contributed by atoms with Crippen LogP contribution in [0.25, 0.3) is 0 Å². The summed E-state index contributed by atoms with van der Waals surface area (Å²) in [4.78, 5) is 21.6. The Morgan fingerprint density at radius 2 is 2.25 bits per heavy atom. The van der Waals surface area contributed by atoms with Crippen LogP contribution in [0.2, 0.25) is 4.47 Å². The second-order valence-electron chi connectivity index (χ2n) is 4.78. The van der Waals surface area contributed by atoms with E-state index in [-0.39, 0.29) is 10.6 Å². The quantitative estimate of drug-likeness (QED) is 0.626. The topological polar surface area (TPSA) is 65.8 Å². The first kappa shape index (κ1) is 15.0. The van der Waals surface area contributed by atoms with Crippen molar-refractivity contribution >= 4 is 22.9 Å². The summed E-state index contributed by atoms with van der Waals surface area (Å²) in [6.45, 7) is 3.37. The molecule has 0 saturated carbocycles. The van der Waals surface area contributed by atoms with Gasteiger partial charge in [0.05, 0.1) is 24.8 Å². The zero-order chi connectivity index (χ0) is 14.9. The van der Waals surface area contributed by atoms with E-state index in [9.17, 15) is 10.1 Å². The summed E-state index contributed by atoms with van der Waals surface area (Å²) in [7, 11) is 3.83. The highest BCUT2D eigenvalue weighted by molar-refractivity contribution is 7.15. The first-order valence-corrected chi connectivity index (χ1v) is 7.18. The number of nitrogens with zero attached hydrogens (tertiary/aromatic N) is 5. The van der Waals surface area contributed by atoms with Crippen molar-refractivity contribution in [3.63, 3.8) is 0 Å². The highest BCUT2D eigenvalue weighted by atomic mass is 35.5. The SMILES string of the molecule is C/C(=C1/N(C)CN(C)CN1Cc1cnc(Cl)s1)[N+](=O)[O-]. The Bertz CT molecular complexity index is 547. The lowest BCUT2D eigenvalue weighted by molar-refractivity contribution is -0.428. The molecule has 0 unspecified atom stereocenters. The number of aromatic nitrogens is 1. The van der Waals surface area contributed by atoms with Crippen LogP contribution in [0.4, 0.5) is 0 Å². The van der Waals surface area contributed by atoms with E-state index in [1.807, 2.05) is 23.9 Å². The van der Waals surface area contributed by atoms with Crippen LogP contribution in [0.5, 0.6) is 0 Å². The van der Waals surface area contributed by atoms with Crippen LogP contribution in [-0.2, 0) is 6.54 Å². The summed E-state index contributed by atoms with van der Waals surface area (Å²) >= 11 is 7.22. The standard InChI is InChI=1S/C11H16ClN5O2S/c1-8(17(18)19)10-15(3)6-14(2)7-16(10)5-9-4-13-11(12)20-9/h4H,5-7H2,1-3H3/b10-8+. The normalized spacial score (nSPS) is 19.4. The molecule has 1 aliphatic rings. The molecule has 110 valence electrons. The third-order valence-corrected chi connectivity index (χ3v) is 4.10. The molecule has 7 nitrogen and oxygen atoms in total. The van der Waals surface area contributed by atoms with Crippen molar-refractivity contribution in [2.45, 2.75) is 13.5 Å². The van der Waals surface area contributed by atoms with E-state index in [0.29, 0.717) is 30.2 Å². The Balaban J connectivity index is 2.30. The van der Waals surface area contributed by atoms with Gasteiger partial charge in [0.2, 0.25) is 0 Å². The van der Waals surface area contributed by atoms with Crippen molar-refractivity contribution < 1.29 is 4.92 Å². The molecule has 0 spiro atoms. The molecule has 0 aromatic carbocycles. The number of thiazole rings is 1. The minimum atomic E-state index is -0.343. The lowest BCUT2D eigenvalue weighted by atomic mass is 10.3. The highest BCUT2D eigenvalue weighted by Gasteiger charge is 2.29. The molecule has 1 aromatic rings. The average molecular weight is 318 g/mol. The van der Waals surface area contributed by atoms with Gasteiger partial charge in [-0.25, -0.2) is 4.98 Å². The zero-order valence-corrected chi connectivity index (χ0v) is 13.1. The number of hydrogen-bond acceptors (Lipinski definition) is 7. The van der Waals surface area contributed by atoms with E-state index in [1.165, 1.54) is 18.3 Å². The van der Waals surface area contributed by atoms with Gasteiger partial charge in [0.15, 0.2) is 10.3 Å². The number of allylic oxidation sites excluding steroid dienone is 1. The van der Waals surface area contributed by atoms with Crippen molar-refractivity contribution in [1.29, 1.82) is 0 Å². The average Bonchev–Trinajstić information content (AvgIpc) is 2.73. The van der Waals surface area contributed by atoms with Gasteiger partial charge in [0.25, 0.3) is 5.70 Å². The van der Waals surface area contributed by atoms with Crippen LogP contribution in [0.15, 0.2) is 17.7 Å². The third-order valence-electron chi connectivity index (χ3n) is 3.00. The van der Waals surface area contributed by atoms with Gasteiger partial charge in [-0.2, -0.15) is 0 Å². The first-order chi connectivity index (χ1) is 9.38. The van der Waals surface area contributed by atoms with Gasteiger partial charge >= 0.3 is 0 Å². The van der Waals surface area contributed by atoms with Crippen molar-refractivity contribution in [2.24, 2.45) is 0 Å². The Morgan fingerprint density at radius 3 is 2.80 bits per heavy atom. The fourth-order valence-corrected chi connectivity index (χ4v) is 3.32. The summed E-state index contributed by atoms with van der Waals surface area (Å²) in [5, 5.41) is 11.1. The van der Waals surface area contributed by atoms with E-state index < -0.39 is 0 Å². The molecule has 0 aliphatic carbocycles. The molecule has 1 aromatic heterocycles. The van der Waals surface area contributed by atoms with Crippen LogP contribution in [0, 0.1) is 10.1 Å². The Labute approximate surface area is 126 Å². The molecule has 2 heterocycles. The molecule has 1 aliphatic heterocycles. The predicted molar refractivity (Wildman–Crippen MR) is 77.6 cm³/mol. The molecule has 20 heavy (non-hydrogen) atoms. The van der Waals surface area contributed by atoms with Crippen LogP contribution >= 0.6 is 22.9 Å². The van der Waals surface area contributed by atoms with Gasteiger partial charge in [-0.3, -0.25) is 15.0 Å². The van der Waals surface area contributed by atoms with Crippen molar-refractivity contribution in [3.05, 3.63) is 37.2 Å². The monoisotopic (exact) mass is 317 g/mol. The Morgan fingerprint density at radius 1 is 1.55 bits per heavy atom. The molecular formula is C11H16ClN5O2S. The summed E-state index contributed by atoms with van der Waals surface area (Å²) in [6.07, 6.45) is 1.71. The number of hydrogen-bond donors (Lipinski definition) is 0. The molecule has 1 fully saturated rings. The molecule has 2 rings (SSSR count). The molecule has 0 radical (unpaired) electrons. The molecule has 0 bridgehead atoms. The maximum atomic E-state index is 11.1. The maximum absolute atomic E-state index is 11.1. The highest BCUT2D eigenvalue weighted by Crippen LogP contribution is 2.25. The van der Waals surface area contributed by atoms with E-state index >= 15 is 0 Å².